The monoisotopic (exact) mass is 429 g/mol. The lowest BCUT2D eigenvalue weighted by Gasteiger charge is -2.16. The van der Waals surface area contributed by atoms with Gasteiger partial charge in [-0.25, -0.2) is 4.39 Å². The zero-order valence-electron chi connectivity index (χ0n) is 18.2. The van der Waals surface area contributed by atoms with Crippen LogP contribution in [0.4, 0.5) is 15.8 Å². The molecule has 0 bridgehead atoms. The number of rotatable bonds is 6. The van der Waals surface area contributed by atoms with E-state index in [0.717, 1.165) is 16.2 Å². The van der Waals surface area contributed by atoms with Gasteiger partial charge < -0.3 is 10.2 Å². The van der Waals surface area contributed by atoms with Crippen LogP contribution in [0.3, 0.4) is 0 Å². The molecule has 5 nitrogen and oxygen atoms in total. The average molecular weight is 429 g/mol. The number of halogens is 1. The maximum absolute atomic E-state index is 14.2. The summed E-state index contributed by atoms with van der Waals surface area (Å²) in [7, 11) is 3.89. The molecular formula is C26H24FN3O2. The van der Waals surface area contributed by atoms with Crippen LogP contribution in [0.15, 0.2) is 78.5 Å². The van der Waals surface area contributed by atoms with E-state index in [1.807, 2.05) is 74.4 Å². The fourth-order valence-electron chi connectivity index (χ4n) is 3.61. The summed E-state index contributed by atoms with van der Waals surface area (Å²) in [5, 5.41) is 3.14. The Morgan fingerprint density at radius 3 is 2.16 bits per heavy atom. The molecule has 3 aromatic rings. The van der Waals surface area contributed by atoms with Crippen LogP contribution in [0, 0.1) is 12.7 Å². The van der Waals surface area contributed by atoms with E-state index in [2.05, 4.69) is 5.32 Å². The predicted octanol–water partition coefficient (Wildman–Crippen LogP) is 4.59. The van der Waals surface area contributed by atoms with E-state index in [9.17, 15) is 14.0 Å². The summed E-state index contributed by atoms with van der Waals surface area (Å²) in [6.45, 7) is 1.82. The maximum Gasteiger partial charge on any atom is 0.278 e. The molecule has 1 N–H and O–H groups in total. The van der Waals surface area contributed by atoms with Gasteiger partial charge in [0.2, 0.25) is 0 Å². The van der Waals surface area contributed by atoms with Crippen molar-refractivity contribution in [1.29, 1.82) is 0 Å². The van der Waals surface area contributed by atoms with E-state index in [1.54, 1.807) is 18.2 Å². The van der Waals surface area contributed by atoms with Crippen molar-refractivity contribution >= 4 is 28.8 Å². The molecule has 0 spiro atoms. The maximum atomic E-state index is 14.2. The van der Waals surface area contributed by atoms with Gasteiger partial charge in [-0.3, -0.25) is 14.5 Å². The third-order valence-electron chi connectivity index (χ3n) is 5.45. The van der Waals surface area contributed by atoms with Crippen molar-refractivity contribution in [3.05, 3.63) is 101 Å². The Labute approximate surface area is 186 Å². The van der Waals surface area contributed by atoms with Crippen LogP contribution in [-0.4, -0.2) is 30.8 Å². The standard InChI is InChI=1S/C26H24FN3O2/c1-17-8-10-18(11-9-17)23-24(28-20-12-14-21(15-13-20)29(2)3)26(32)30(25(23)31)16-19-6-4-5-7-22(19)27/h4-15,28H,16H2,1-3H3. The Kier molecular flexibility index (Phi) is 5.77. The van der Waals surface area contributed by atoms with Crippen molar-refractivity contribution in [3.63, 3.8) is 0 Å². The van der Waals surface area contributed by atoms with E-state index in [0.29, 0.717) is 11.3 Å². The molecular weight excluding hydrogens is 405 g/mol. The fourth-order valence-corrected chi connectivity index (χ4v) is 3.61. The highest BCUT2D eigenvalue weighted by atomic mass is 19.1. The summed E-state index contributed by atoms with van der Waals surface area (Å²) in [6, 6.07) is 21.1. The number of nitrogens with one attached hydrogen (secondary N) is 1. The van der Waals surface area contributed by atoms with Gasteiger partial charge in [0.1, 0.15) is 11.5 Å². The Hall–Kier alpha value is -3.93. The quantitative estimate of drug-likeness (QED) is 0.583. The average Bonchev–Trinajstić information content (AvgIpc) is 3.00. The number of benzene rings is 3. The molecule has 1 heterocycles. The summed E-state index contributed by atoms with van der Waals surface area (Å²) in [6.07, 6.45) is 0. The van der Waals surface area contributed by atoms with Crippen LogP contribution < -0.4 is 10.2 Å². The molecule has 0 atom stereocenters. The van der Waals surface area contributed by atoms with E-state index in [4.69, 9.17) is 0 Å². The first-order valence-electron chi connectivity index (χ1n) is 10.3. The minimum absolute atomic E-state index is 0.134. The van der Waals surface area contributed by atoms with Crippen molar-refractivity contribution in [2.24, 2.45) is 0 Å². The van der Waals surface area contributed by atoms with E-state index in [-0.39, 0.29) is 23.4 Å². The van der Waals surface area contributed by atoms with Gasteiger partial charge >= 0.3 is 0 Å². The highest BCUT2D eigenvalue weighted by Crippen LogP contribution is 2.32. The van der Waals surface area contributed by atoms with Crippen molar-refractivity contribution < 1.29 is 14.0 Å². The van der Waals surface area contributed by atoms with E-state index >= 15 is 0 Å². The largest absolute Gasteiger partial charge is 0.378 e. The minimum Gasteiger partial charge on any atom is -0.378 e. The summed E-state index contributed by atoms with van der Waals surface area (Å²) in [4.78, 5) is 29.7. The summed E-state index contributed by atoms with van der Waals surface area (Å²) in [5.41, 5.74) is 4.13. The second-order valence-electron chi connectivity index (χ2n) is 7.97. The third kappa shape index (κ3) is 4.12. The molecule has 2 amide bonds. The fraction of sp³-hybridized carbons (Fsp3) is 0.154. The van der Waals surface area contributed by atoms with Crippen molar-refractivity contribution in [2.45, 2.75) is 13.5 Å². The van der Waals surface area contributed by atoms with Gasteiger partial charge in [-0.15, -0.1) is 0 Å². The van der Waals surface area contributed by atoms with Gasteiger partial charge in [-0.2, -0.15) is 0 Å². The molecule has 1 aliphatic rings. The first-order chi connectivity index (χ1) is 15.3. The van der Waals surface area contributed by atoms with Crippen LogP contribution in [0.1, 0.15) is 16.7 Å². The first kappa shape index (κ1) is 21.3. The molecule has 4 rings (SSSR count). The summed E-state index contributed by atoms with van der Waals surface area (Å²) in [5.74, 6) is -1.38. The molecule has 0 saturated heterocycles. The lowest BCUT2D eigenvalue weighted by Crippen LogP contribution is -2.32. The summed E-state index contributed by atoms with van der Waals surface area (Å²) < 4.78 is 14.2. The Morgan fingerprint density at radius 2 is 1.53 bits per heavy atom. The smallest absolute Gasteiger partial charge is 0.278 e. The van der Waals surface area contributed by atoms with Crippen LogP contribution in [0.2, 0.25) is 0 Å². The molecule has 0 fully saturated rings. The molecule has 0 radical (unpaired) electrons. The molecule has 0 aromatic heterocycles. The first-order valence-corrected chi connectivity index (χ1v) is 10.3. The molecule has 32 heavy (non-hydrogen) atoms. The van der Waals surface area contributed by atoms with Crippen molar-refractivity contribution in [3.8, 4) is 0 Å². The number of hydrogen-bond acceptors (Lipinski definition) is 4. The molecule has 6 heteroatoms. The lowest BCUT2D eigenvalue weighted by molar-refractivity contribution is -0.137. The minimum atomic E-state index is -0.481. The number of aryl methyl sites for hydroxylation is 1. The zero-order valence-corrected chi connectivity index (χ0v) is 18.2. The number of imide groups is 1. The summed E-state index contributed by atoms with van der Waals surface area (Å²) >= 11 is 0. The van der Waals surface area contributed by atoms with Gasteiger partial charge in [0, 0.05) is 31.0 Å². The normalized spacial score (nSPS) is 13.7. The second-order valence-corrected chi connectivity index (χ2v) is 7.97. The molecule has 1 aliphatic heterocycles. The van der Waals surface area contributed by atoms with Gasteiger partial charge in [0.15, 0.2) is 0 Å². The van der Waals surface area contributed by atoms with Gasteiger partial charge in [-0.05, 0) is 42.8 Å². The SMILES string of the molecule is Cc1ccc(C2=C(Nc3ccc(N(C)C)cc3)C(=O)N(Cc3ccccc3F)C2=O)cc1. The van der Waals surface area contributed by atoms with Crippen molar-refractivity contribution in [1.82, 2.24) is 4.90 Å². The topological polar surface area (TPSA) is 52.7 Å². The second kappa shape index (κ2) is 8.67. The lowest BCUT2D eigenvalue weighted by atomic mass is 10.0. The highest BCUT2D eigenvalue weighted by Gasteiger charge is 2.39. The molecule has 0 unspecified atom stereocenters. The van der Waals surface area contributed by atoms with Crippen LogP contribution in [0.5, 0.6) is 0 Å². The zero-order chi connectivity index (χ0) is 22.8. The predicted molar refractivity (Wildman–Crippen MR) is 124 cm³/mol. The highest BCUT2D eigenvalue weighted by molar-refractivity contribution is 6.36. The Bertz CT molecular complexity index is 1200. The number of nitrogens with zero attached hydrogens (tertiary/aromatic N) is 2. The number of anilines is 2. The molecule has 0 saturated carbocycles. The molecule has 3 aromatic carbocycles. The van der Waals surface area contributed by atoms with Gasteiger partial charge in [0.25, 0.3) is 11.8 Å². The number of amides is 2. The number of carbonyl (C=O) groups excluding carboxylic acids is 2. The van der Waals surface area contributed by atoms with Crippen LogP contribution in [0.25, 0.3) is 5.57 Å². The van der Waals surface area contributed by atoms with E-state index < -0.39 is 17.6 Å². The molecule has 0 aliphatic carbocycles. The Balaban J connectivity index is 1.72. The number of hydrogen-bond donors (Lipinski definition) is 1. The Morgan fingerprint density at radius 1 is 0.875 bits per heavy atom. The number of carbonyl (C=O) groups is 2. The molecule has 162 valence electrons. The van der Waals surface area contributed by atoms with E-state index in [1.165, 1.54) is 6.07 Å². The third-order valence-corrected chi connectivity index (χ3v) is 5.45. The van der Waals surface area contributed by atoms with Gasteiger partial charge in [0.05, 0.1) is 12.1 Å². The van der Waals surface area contributed by atoms with Gasteiger partial charge in [-0.1, -0.05) is 48.0 Å². The van der Waals surface area contributed by atoms with Crippen molar-refractivity contribution in [2.75, 3.05) is 24.3 Å². The van der Waals surface area contributed by atoms with Crippen LogP contribution in [-0.2, 0) is 16.1 Å². The van der Waals surface area contributed by atoms with Crippen LogP contribution >= 0.6 is 0 Å².